The van der Waals surface area contributed by atoms with Crippen LogP contribution in [0, 0.1) is 0 Å². The van der Waals surface area contributed by atoms with E-state index in [4.69, 9.17) is 0 Å². The van der Waals surface area contributed by atoms with Gasteiger partial charge < -0.3 is 0 Å². The number of imide groups is 1. The second kappa shape index (κ2) is 5.28. The molecule has 0 spiro atoms. The van der Waals surface area contributed by atoms with E-state index in [-0.39, 0.29) is 9.82 Å². The quantitative estimate of drug-likeness (QED) is 0.239. The van der Waals surface area contributed by atoms with Crippen molar-refractivity contribution in [1.82, 2.24) is 4.90 Å². The fourth-order valence-corrected chi connectivity index (χ4v) is 1.82. The van der Waals surface area contributed by atoms with Crippen LogP contribution in [0.4, 0.5) is 4.79 Å². The van der Waals surface area contributed by atoms with E-state index in [1.54, 1.807) is 0 Å². The first kappa shape index (κ1) is 10.6. The van der Waals surface area contributed by atoms with Crippen molar-refractivity contribution in [2.24, 2.45) is 0 Å². The third-order valence-electron chi connectivity index (χ3n) is 0.914. The third kappa shape index (κ3) is 3.13. The van der Waals surface area contributed by atoms with Crippen LogP contribution in [0.3, 0.4) is 0 Å². The topological polar surface area (TPSA) is 37.4 Å². The van der Waals surface area contributed by atoms with Crippen molar-refractivity contribution < 1.29 is 30.8 Å². The van der Waals surface area contributed by atoms with Crippen molar-refractivity contribution in [2.75, 3.05) is 16.4 Å². The van der Waals surface area contributed by atoms with Gasteiger partial charge in [-0.05, 0) is 0 Å². The summed E-state index contributed by atoms with van der Waals surface area (Å²) in [6.45, 7) is 0. The fourth-order valence-electron chi connectivity index (χ4n) is 0.314. The van der Waals surface area contributed by atoms with Crippen LogP contribution in [-0.2, 0) is 4.79 Å². The van der Waals surface area contributed by atoms with E-state index in [0.717, 1.165) is 0 Å². The van der Waals surface area contributed by atoms with Crippen LogP contribution < -0.4 is 21.2 Å². The predicted octanol–water partition coefficient (Wildman–Crippen LogP) is -2.28. The Kier molecular flexibility index (Phi) is 5.59. The molecule has 10 heavy (non-hydrogen) atoms. The Balaban J connectivity index is 3.94. The molecule has 0 aliphatic carbocycles. The van der Waals surface area contributed by atoms with E-state index in [9.17, 15) is 9.59 Å². The van der Waals surface area contributed by atoms with Gasteiger partial charge in [-0.25, -0.2) is 0 Å². The SMILES string of the molecule is C[I-]C(=O)N(C)C(=O)CI. The van der Waals surface area contributed by atoms with Gasteiger partial charge >= 0.3 is 84.5 Å². The van der Waals surface area contributed by atoms with Crippen LogP contribution >= 0.6 is 22.6 Å². The van der Waals surface area contributed by atoms with E-state index in [1.807, 2.05) is 27.5 Å². The molecule has 0 rings (SSSR count). The van der Waals surface area contributed by atoms with Crippen molar-refractivity contribution in [3.05, 3.63) is 0 Å². The molecule has 60 valence electrons. The van der Waals surface area contributed by atoms with Crippen LogP contribution in [-0.4, -0.2) is 31.1 Å². The number of hydrogen-bond acceptors (Lipinski definition) is 2. The van der Waals surface area contributed by atoms with Crippen molar-refractivity contribution in [3.8, 4) is 0 Å². The van der Waals surface area contributed by atoms with Gasteiger partial charge in [0.05, 0.1) is 0 Å². The molecule has 0 N–H and O–H groups in total. The van der Waals surface area contributed by atoms with E-state index < -0.39 is 21.2 Å². The second-order valence-corrected chi connectivity index (χ2v) is 4.29. The molecule has 0 saturated carbocycles. The van der Waals surface area contributed by atoms with Gasteiger partial charge in [-0.1, -0.05) is 0 Å². The minimum absolute atomic E-state index is 0.0135. The number of halogens is 2. The van der Waals surface area contributed by atoms with Gasteiger partial charge in [-0.2, -0.15) is 0 Å². The van der Waals surface area contributed by atoms with Crippen LogP contribution in [0.5, 0.6) is 0 Å². The van der Waals surface area contributed by atoms with Crippen LogP contribution in [0.15, 0.2) is 0 Å². The maximum atomic E-state index is 10.9. The molecule has 0 aliphatic heterocycles. The molecule has 0 atom stereocenters. The Morgan fingerprint density at radius 1 is 1.60 bits per heavy atom. The Morgan fingerprint density at radius 2 is 2.10 bits per heavy atom. The number of amides is 2. The summed E-state index contributed by atoms with van der Waals surface area (Å²) in [6.07, 6.45) is 0. The minimum atomic E-state index is -0.472. The van der Waals surface area contributed by atoms with Gasteiger partial charge in [0.1, 0.15) is 0 Å². The molecule has 0 heterocycles. The molecular weight excluding hydrogens is 360 g/mol. The molecule has 0 aliphatic rings. The first-order valence-electron chi connectivity index (χ1n) is 2.49. The average Bonchev–Trinajstić information content (AvgIpc) is 2.00. The Labute approximate surface area is 83.9 Å². The normalized spacial score (nSPS) is 9.50. The Hall–Kier alpha value is 0.600. The van der Waals surface area contributed by atoms with Gasteiger partial charge in [0.2, 0.25) is 0 Å². The predicted molar refractivity (Wildman–Crippen MR) is 43.0 cm³/mol. The molecular formula is C5H8I2NO2-. The molecule has 0 radical (unpaired) electrons. The maximum absolute atomic E-state index is 10.9. The van der Waals surface area contributed by atoms with Gasteiger partial charge in [0.15, 0.2) is 0 Å². The number of hydrogen-bond donors (Lipinski definition) is 0. The summed E-state index contributed by atoms with van der Waals surface area (Å²) in [5, 5.41) is 0. The molecule has 5 heteroatoms. The van der Waals surface area contributed by atoms with Gasteiger partial charge in [-0.3, -0.25) is 0 Å². The number of carbonyl (C=O) groups excluding carboxylic acids is 2. The van der Waals surface area contributed by atoms with E-state index >= 15 is 0 Å². The summed E-state index contributed by atoms with van der Waals surface area (Å²) in [4.78, 5) is 24.7. The van der Waals surface area contributed by atoms with Crippen LogP contribution in [0.1, 0.15) is 0 Å². The van der Waals surface area contributed by atoms with Gasteiger partial charge in [0, 0.05) is 0 Å². The monoisotopic (exact) mass is 368 g/mol. The van der Waals surface area contributed by atoms with Gasteiger partial charge in [-0.15, -0.1) is 0 Å². The van der Waals surface area contributed by atoms with Gasteiger partial charge in [0.25, 0.3) is 0 Å². The zero-order valence-corrected chi connectivity index (χ0v) is 10.0. The summed E-state index contributed by atoms with van der Waals surface area (Å²) in [5.74, 6) is -0.104. The summed E-state index contributed by atoms with van der Waals surface area (Å²) in [7, 11) is 1.53. The average molecular weight is 368 g/mol. The Bertz CT molecular complexity index is 133. The first-order valence-corrected chi connectivity index (χ1v) is 7.25. The number of nitrogens with zero attached hydrogens (tertiary/aromatic N) is 1. The van der Waals surface area contributed by atoms with E-state index in [1.165, 1.54) is 11.9 Å². The summed E-state index contributed by atoms with van der Waals surface area (Å²) < 4.78 is 0.365. The zero-order chi connectivity index (χ0) is 8.15. The molecule has 3 nitrogen and oxygen atoms in total. The number of rotatable bonds is 2. The standard InChI is InChI=1S/C5H8I2NO2/c1-7-5(10)8(2)4(9)3-6/h3H2,1-2H3/q-1. The third-order valence-corrected chi connectivity index (χ3v) is 3.21. The molecule has 0 saturated heterocycles. The zero-order valence-electron chi connectivity index (χ0n) is 5.73. The molecule has 0 unspecified atom stereocenters. The Morgan fingerprint density at radius 3 is 2.40 bits per heavy atom. The molecule has 0 aromatic heterocycles. The van der Waals surface area contributed by atoms with Crippen LogP contribution in [0.2, 0.25) is 0 Å². The second-order valence-electron chi connectivity index (χ2n) is 1.53. The van der Waals surface area contributed by atoms with Crippen molar-refractivity contribution in [2.45, 2.75) is 0 Å². The van der Waals surface area contributed by atoms with Crippen molar-refractivity contribution in [1.29, 1.82) is 0 Å². The van der Waals surface area contributed by atoms with Crippen molar-refractivity contribution >= 4 is 32.4 Å². The number of alkyl halides is 2. The van der Waals surface area contributed by atoms with E-state index in [2.05, 4.69) is 0 Å². The molecule has 0 fully saturated rings. The molecule has 0 bridgehead atoms. The molecule has 0 aromatic carbocycles. The molecule has 2 amide bonds. The summed E-state index contributed by atoms with van der Waals surface area (Å²) in [5.41, 5.74) is 0. The first-order chi connectivity index (χ1) is 4.63. The molecule has 0 aromatic rings. The van der Waals surface area contributed by atoms with Crippen molar-refractivity contribution in [3.63, 3.8) is 0 Å². The summed E-state index contributed by atoms with van der Waals surface area (Å²) in [6, 6.07) is 0. The number of carbonyl (C=O) groups is 2. The fraction of sp³-hybridized carbons (Fsp3) is 0.600. The van der Waals surface area contributed by atoms with Crippen LogP contribution in [0.25, 0.3) is 0 Å². The summed E-state index contributed by atoms with van der Waals surface area (Å²) >= 11 is 1.47. The van der Waals surface area contributed by atoms with E-state index in [0.29, 0.717) is 4.43 Å².